The molecule has 5 rings (SSSR count). The first-order valence-corrected chi connectivity index (χ1v) is 13.8. The zero-order valence-electron chi connectivity index (χ0n) is 20.8. The van der Waals surface area contributed by atoms with Crippen LogP contribution in [0.25, 0.3) is 28.1 Å². The number of aromatic hydroxyl groups is 1. The molecular formula is C29H26FN5O3S. The number of pyridine rings is 1. The Labute approximate surface area is 225 Å². The first-order chi connectivity index (χ1) is 18.9. The molecule has 3 N–H and O–H groups in total. The van der Waals surface area contributed by atoms with Gasteiger partial charge in [-0.2, -0.15) is 5.10 Å². The Kier molecular flexibility index (Phi) is 7.67. The van der Waals surface area contributed by atoms with E-state index in [0.29, 0.717) is 24.5 Å². The van der Waals surface area contributed by atoms with Crippen LogP contribution in [-0.4, -0.2) is 41.4 Å². The predicted molar refractivity (Wildman–Crippen MR) is 149 cm³/mol. The number of hydrogen-bond donors (Lipinski definition) is 3. The lowest BCUT2D eigenvalue weighted by atomic mass is 10.0. The van der Waals surface area contributed by atoms with Crippen molar-refractivity contribution in [3.8, 4) is 33.8 Å². The van der Waals surface area contributed by atoms with Gasteiger partial charge in [-0.05, 0) is 72.6 Å². The van der Waals surface area contributed by atoms with Gasteiger partial charge in [-0.3, -0.25) is 0 Å². The fraction of sp³-hybridized carbons (Fsp3) is 0.103. The maximum atomic E-state index is 13.1. The van der Waals surface area contributed by atoms with Crippen LogP contribution >= 0.6 is 0 Å². The van der Waals surface area contributed by atoms with Crippen LogP contribution < -0.4 is 10.0 Å². The number of phenolic OH excluding ortho intramolecular Hbond substituents is 1. The van der Waals surface area contributed by atoms with E-state index in [-0.39, 0.29) is 17.2 Å². The van der Waals surface area contributed by atoms with E-state index in [4.69, 9.17) is 5.10 Å². The second kappa shape index (κ2) is 11.5. The number of sulfonamides is 1. The van der Waals surface area contributed by atoms with E-state index in [1.807, 2.05) is 54.7 Å². The number of para-hydroxylation sites is 1. The van der Waals surface area contributed by atoms with Crippen molar-refractivity contribution < 1.29 is 17.9 Å². The maximum absolute atomic E-state index is 13.1. The van der Waals surface area contributed by atoms with Crippen LogP contribution in [0.15, 0.2) is 108 Å². The molecule has 5 aromatic rings. The van der Waals surface area contributed by atoms with Crippen LogP contribution in [0.4, 0.5) is 10.2 Å². The average Bonchev–Trinajstić information content (AvgIpc) is 3.40. The van der Waals surface area contributed by atoms with Crippen LogP contribution in [0.2, 0.25) is 0 Å². The fourth-order valence-electron chi connectivity index (χ4n) is 4.07. The molecule has 0 atom stereocenters. The molecule has 0 aliphatic carbocycles. The van der Waals surface area contributed by atoms with E-state index in [1.165, 1.54) is 12.1 Å². The number of aromatic nitrogens is 3. The van der Waals surface area contributed by atoms with Crippen molar-refractivity contribution in [1.82, 2.24) is 19.5 Å². The van der Waals surface area contributed by atoms with Gasteiger partial charge in [-0.15, -0.1) is 0 Å². The summed E-state index contributed by atoms with van der Waals surface area (Å²) >= 11 is 0. The Hall–Kier alpha value is -4.54. The van der Waals surface area contributed by atoms with Crippen molar-refractivity contribution in [3.05, 3.63) is 109 Å². The first kappa shape index (κ1) is 26.1. The summed E-state index contributed by atoms with van der Waals surface area (Å²) < 4.78 is 42.1. The Morgan fingerprint density at radius 1 is 0.872 bits per heavy atom. The van der Waals surface area contributed by atoms with Gasteiger partial charge >= 0.3 is 0 Å². The van der Waals surface area contributed by atoms with Crippen LogP contribution in [0.1, 0.15) is 6.42 Å². The molecule has 0 saturated carbocycles. The highest BCUT2D eigenvalue weighted by molar-refractivity contribution is 7.89. The molecule has 0 aliphatic rings. The van der Waals surface area contributed by atoms with Crippen LogP contribution in [0.3, 0.4) is 0 Å². The molecule has 39 heavy (non-hydrogen) atoms. The third-order valence-electron chi connectivity index (χ3n) is 6.00. The number of halogens is 1. The number of benzene rings is 3. The lowest BCUT2D eigenvalue weighted by molar-refractivity contribution is 0.475. The van der Waals surface area contributed by atoms with Gasteiger partial charge in [0.05, 0.1) is 10.6 Å². The van der Waals surface area contributed by atoms with Crippen LogP contribution in [0.5, 0.6) is 5.75 Å². The minimum atomic E-state index is -3.71. The van der Waals surface area contributed by atoms with Crippen LogP contribution in [-0.2, 0) is 10.0 Å². The summed E-state index contributed by atoms with van der Waals surface area (Å²) in [4.78, 5) is 4.41. The first-order valence-electron chi connectivity index (χ1n) is 12.3. The van der Waals surface area contributed by atoms with Gasteiger partial charge in [0.15, 0.2) is 0 Å². The SMILES string of the molecule is O=S(=O)(NCCCNc1cc(-c2cn(-c3ccccc3)nc2-c2cccc(O)c2)ccn1)c1ccc(F)cc1. The van der Waals surface area contributed by atoms with E-state index in [1.54, 1.807) is 29.1 Å². The third-order valence-corrected chi connectivity index (χ3v) is 7.48. The van der Waals surface area contributed by atoms with Gasteiger partial charge in [0.25, 0.3) is 0 Å². The number of phenols is 1. The van der Waals surface area contributed by atoms with Gasteiger partial charge < -0.3 is 10.4 Å². The van der Waals surface area contributed by atoms with E-state index >= 15 is 0 Å². The number of hydrogen-bond acceptors (Lipinski definition) is 6. The molecule has 2 aromatic heterocycles. The molecule has 8 nitrogen and oxygen atoms in total. The highest BCUT2D eigenvalue weighted by Gasteiger charge is 2.16. The van der Waals surface area contributed by atoms with E-state index in [0.717, 1.165) is 34.5 Å². The van der Waals surface area contributed by atoms with E-state index < -0.39 is 15.8 Å². The fourth-order valence-corrected chi connectivity index (χ4v) is 5.14. The van der Waals surface area contributed by atoms with Crippen molar-refractivity contribution in [2.75, 3.05) is 18.4 Å². The molecule has 198 valence electrons. The van der Waals surface area contributed by atoms with Gasteiger partial charge in [0.2, 0.25) is 10.0 Å². The number of rotatable bonds is 10. The molecule has 0 fully saturated rings. The third kappa shape index (κ3) is 6.31. The summed E-state index contributed by atoms with van der Waals surface area (Å²) in [5.41, 5.74) is 4.13. The second-order valence-electron chi connectivity index (χ2n) is 8.78. The Balaban J connectivity index is 1.30. The molecule has 0 saturated heterocycles. The highest BCUT2D eigenvalue weighted by atomic mass is 32.2. The molecular weight excluding hydrogens is 517 g/mol. The van der Waals surface area contributed by atoms with Crippen molar-refractivity contribution in [1.29, 1.82) is 0 Å². The Bertz CT molecular complexity index is 1670. The second-order valence-corrected chi connectivity index (χ2v) is 10.6. The number of nitrogens with one attached hydrogen (secondary N) is 2. The quantitative estimate of drug-likeness (QED) is 0.208. The largest absolute Gasteiger partial charge is 0.508 e. The van der Waals surface area contributed by atoms with Crippen molar-refractivity contribution >= 4 is 15.8 Å². The molecule has 0 aliphatic heterocycles. The van der Waals surface area contributed by atoms with Crippen molar-refractivity contribution in [2.24, 2.45) is 0 Å². The maximum Gasteiger partial charge on any atom is 0.240 e. The zero-order chi connectivity index (χ0) is 27.2. The molecule has 0 amide bonds. The van der Waals surface area contributed by atoms with E-state index in [2.05, 4.69) is 15.0 Å². The molecule has 3 aromatic carbocycles. The molecule has 10 heteroatoms. The summed E-state index contributed by atoms with van der Waals surface area (Å²) in [6.07, 6.45) is 4.14. The molecule has 0 unspecified atom stereocenters. The van der Waals surface area contributed by atoms with E-state index in [9.17, 15) is 17.9 Å². The summed E-state index contributed by atoms with van der Waals surface area (Å²) in [6.45, 7) is 0.684. The zero-order valence-corrected chi connectivity index (χ0v) is 21.6. The molecule has 0 bridgehead atoms. The van der Waals surface area contributed by atoms with Crippen molar-refractivity contribution in [3.63, 3.8) is 0 Å². The summed E-state index contributed by atoms with van der Waals surface area (Å²) in [5, 5.41) is 18.1. The minimum Gasteiger partial charge on any atom is -0.508 e. The van der Waals surface area contributed by atoms with Gasteiger partial charge in [-0.25, -0.2) is 27.2 Å². The average molecular weight is 544 g/mol. The smallest absolute Gasteiger partial charge is 0.240 e. The highest BCUT2D eigenvalue weighted by Crippen LogP contribution is 2.34. The molecule has 0 spiro atoms. The number of nitrogens with zero attached hydrogens (tertiary/aromatic N) is 3. The van der Waals surface area contributed by atoms with Gasteiger partial charge in [0.1, 0.15) is 23.1 Å². The molecule has 0 radical (unpaired) electrons. The van der Waals surface area contributed by atoms with Crippen LogP contribution in [0, 0.1) is 5.82 Å². The topological polar surface area (TPSA) is 109 Å². The number of anilines is 1. The minimum absolute atomic E-state index is 0.0183. The van der Waals surface area contributed by atoms with Gasteiger partial charge in [-0.1, -0.05) is 30.3 Å². The Morgan fingerprint density at radius 2 is 1.67 bits per heavy atom. The predicted octanol–water partition coefficient (Wildman–Crippen LogP) is 5.23. The normalized spacial score (nSPS) is 11.4. The summed E-state index contributed by atoms with van der Waals surface area (Å²) in [6, 6.07) is 25.2. The van der Waals surface area contributed by atoms with Crippen molar-refractivity contribution in [2.45, 2.75) is 11.3 Å². The lowest BCUT2D eigenvalue weighted by Gasteiger charge is -2.09. The standard InChI is InChI=1S/C29H26FN5O3S/c30-23-10-12-26(13-11-23)39(37,38)33-16-5-15-31-28-19-21(14-17-32-28)27-20-35(24-7-2-1-3-8-24)34-29(27)22-6-4-9-25(36)18-22/h1-4,6-14,17-20,33,36H,5,15-16H2,(H,31,32). The summed E-state index contributed by atoms with van der Waals surface area (Å²) in [5.74, 6) is 0.289. The molecule has 2 heterocycles. The van der Waals surface area contributed by atoms with Gasteiger partial charge in [0, 0.05) is 36.6 Å². The monoisotopic (exact) mass is 543 g/mol. The summed E-state index contributed by atoms with van der Waals surface area (Å²) in [7, 11) is -3.71. The lowest BCUT2D eigenvalue weighted by Crippen LogP contribution is -2.26. The Morgan fingerprint density at radius 3 is 2.44 bits per heavy atom.